The minimum atomic E-state index is 0.0721. The molecule has 1 aromatic heterocycles. The molecule has 2 heterocycles. The van der Waals surface area contributed by atoms with Crippen molar-refractivity contribution in [2.75, 3.05) is 6.54 Å². The fourth-order valence-electron chi connectivity index (χ4n) is 3.67. The number of carbonyl (C=O) groups excluding carboxylic acids is 1. The number of piperidine rings is 1. The van der Waals surface area contributed by atoms with Crippen molar-refractivity contribution in [3.63, 3.8) is 0 Å². The van der Waals surface area contributed by atoms with Crippen LogP contribution in [-0.2, 0) is 4.79 Å². The highest BCUT2D eigenvalue weighted by molar-refractivity contribution is 7.16. The number of hydrogen-bond acceptors (Lipinski definition) is 2. The Morgan fingerprint density at radius 3 is 2.62 bits per heavy atom. The predicted octanol–water partition coefficient (Wildman–Crippen LogP) is 5.91. The average molecular weight is 380 g/mol. The van der Waals surface area contributed by atoms with E-state index in [0.29, 0.717) is 12.3 Å². The molecule has 2 nitrogen and oxygen atoms in total. The van der Waals surface area contributed by atoms with Crippen LogP contribution >= 0.6 is 34.5 Å². The Hall–Kier alpha value is -1.03. The number of amides is 1. The average Bonchev–Trinajstić information content (AvgIpc) is 3.28. The summed E-state index contributed by atoms with van der Waals surface area (Å²) in [7, 11) is 0. The van der Waals surface area contributed by atoms with Crippen molar-refractivity contribution >= 4 is 40.4 Å². The zero-order valence-electron chi connectivity index (χ0n) is 13.3. The van der Waals surface area contributed by atoms with Gasteiger partial charge in [-0.15, -0.1) is 11.3 Å². The van der Waals surface area contributed by atoms with Crippen molar-refractivity contribution < 1.29 is 4.79 Å². The number of hydrogen-bond donors (Lipinski definition) is 0. The third-order valence-corrected chi connectivity index (χ3v) is 6.56. The first-order chi connectivity index (χ1) is 11.6. The summed E-state index contributed by atoms with van der Waals surface area (Å²) in [5.41, 5.74) is 1.21. The largest absolute Gasteiger partial charge is 0.334 e. The van der Waals surface area contributed by atoms with Crippen LogP contribution in [0.1, 0.15) is 48.1 Å². The molecule has 0 spiro atoms. The van der Waals surface area contributed by atoms with Gasteiger partial charge in [-0.25, -0.2) is 0 Å². The van der Waals surface area contributed by atoms with Crippen molar-refractivity contribution in [3.8, 4) is 0 Å². The van der Waals surface area contributed by atoms with Gasteiger partial charge in [-0.2, -0.15) is 0 Å². The van der Waals surface area contributed by atoms with E-state index in [1.165, 1.54) is 23.3 Å². The smallest absolute Gasteiger partial charge is 0.223 e. The topological polar surface area (TPSA) is 20.3 Å². The molecule has 2 atom stereocenters. The van der Waals surface area contributed by atoms with Crippen LogP contribution in [0.15, 0.2) is 36.4 Å². The molecule has 0 unspecified atom stereocenters. The van der Waals surface area contributed by atoms with Crippen molar-refractivity contribution in [2.45, 2.75) is 37.6 Å². The Morgan fingerprint density at radius 1 is 1.12 bits per heavy atom. The van der Waals surface area contributed by atoms with E-state index in [1.807, 2.05) is 24.3 Å². The monoisotopic (exact) mass is 379 g/mol. The zero-order chi connectivity index (χ0) is 16.7. The molecule has 4 rings (SSSR count). The summed E-state index contributed by atoms with van der Waals surface area (Å²) in [6.45, 7) is 0.871. The van der Waals surface area contributed by atoms with Gasteiger partial charge in [0.25, 0.3) is 0 Å². The van der Waals surface area contributed by atoms with Gasteiger partial charge in [-0.1, -0.05) is 35.3 Å². The van der Waals surface area contributed by atoms with Gasteiger partial charge in [0.15, 0.2) is 0 Å². The van der Waals surface area contributed by atoms with Crippen LogP contribution in [0.5, 0.6) is 0 Å². The van der Waals surface area contributed by atoms with E-state index in [4.69, 9.17) is 23.2 Å². The van der Waals surface area contributed by atoms with Crippen LogP contribution in [0.2, 0.25) is 9.36 Å². The van der Waals surface area contributed by atoms with Crippen LogP contribution in [0.25, 0.3) is 0 Å². The molecule has 1 aromatic carbocycles. The predicted molar refractivity (Wildman–Crippen MR) is 99.9 cm³/mol. The number of halogens is 2. The van der Waals surface area contributed by atoms with E-state index in [0.717, 1.165) is 22.3 Å². The van der Waals surface area contributed by atoms with Gasteiger partial charge < -0.3 is 4.90 Å². The Morgan fingerprint density at radius 2 is 1.96 bits per heavy atom. The number of thiophene rings is 1. The molecular formula is C19H19Cl2NOS. The fraction of sp³-hybridized carbons (Fsp3) is 0.421. The van der Waals surface area contributed by atoms with Crippen molar-refractivity contribution in [3.05, 3.63) is 56.2 Å². The number of nitrogens with zero attached hydrogens (tertiary/aromatic N) is 1. The van der Waals surface area contributed by atoms with Gasteiger partial charge in [0, 0.05) is 28.8 Å². The molecule has 0 radical (unpaired) electrons. The molecule has 0 bridgehead atoms. The first-order valence-corrected chi connectivity index (χ1v) is 9.99. The van der Waals surface area contributed by atoms with E-state index in [1.54, 1.807) is 11.3 Å². The maximum absolute atomic E-state index is 12.7. The van der Waals surface area contributed by atoms with Crippen molar-refractivity contribution in [1.82, 2.24) is 4.90 Å². The first-order valence-electron chi connectivity index (χ1n) is 8.42. The van der Waals surface area contributed by atoms with Gasteiger partial charge in [0.2, 0.25) is 5.91 Å². The molecular weight excluding hydrogens is 361 g/mol. The van der Waals surface area contributed by atoms with Gasteiger partial charge in [0.1, 0.15) is 0 Å². The van der Waals surface area contributed by atoms with Crippen LogP contribution < -0.4 is 0 Å². The summed E-state index contributed by atoms with van der Waals surface area (Å²) in [6.07, 6.45) is 3.95. The van der Waals surface area contributed by atoms with Gasteiger partial charge in [0.05, 0.1) is 10.4 Å². The van der Waals surface area contributed by atoms with Crippen LogP contribution in [-0.4, -0.2) is 17.4 Å². The van der Waals surface area contributed by atoms with Crippen LogP contribution in [0.4, 0.5) is 0 Å². The molecule has 2 aromatic rings. The molecule has 1 aliphatic heterocycles. The Bertz CT molecular complexity index is 755. The quantitative estimate of drug-likeness (QED) is 0.646. The molecule has 126 valence electrons. The highest BCUT2D eigenvalue weighted by atomic mass is 35.5. The second-order valence-corrected chi connectivity index (χ2v) is 8.96. The van der Waals surface area contributed by atoms with E-state index in [2.05, 4.69) is 17.0 Å². The second-order valence-electron chi connectivity index (χ2n) is 6.78. The lowest BCUT2D eigenvalue weighted by atomic mass is 9.82. The summed E-state index contributed by atoms with van der Waals surface area (Å²) >= 11 is 14.0. The Kier molecular flexibility index (Phi) is 4.59. The first kappa shape index (κ1) is 16.4. The van der Waals surface area contributed by atoms with Crippen LogP contribution in [0.3, 0.4) is 0 Å². The van der Waals surface area contributed by atoms with E-state index in [-0.39, 0.29) is 17.9 Å². The molecule has 2 aliphatic rings. The van der Waals surface area contributed by atoms with Gasteiger partial charge in [-0.3, -0.25) is 4.79 Å². The second kappa shape index (κ2) is 6.70. The SMILES string of the molecule is O=C1CC[C@@H](c2cccc(Cl)c2)[C@H](c2ccc(Cl)s2)N1CC1CC1. The van der Waals surface area contributed by atoms with Gasteiger partial charge in [-0.05, 0) is 55.0 Å². The molecule has 1 saturated carbocycles. The number of carbonyl (C=O) groups is 1. The summed E-state index contributed by atoms with van der Waals surface area (Å²) in [5, 5.41) is 0.751. The minimum Gasteiger partial charge on any atom is -0.334 e. The summed E-state index contributed by atoms with van der Waals surface area (Å²) in [5.74, 6) is 1.22. The molecule has 1 saturated heterocycles. The van der Waals surface area contributed by atoms with Crippen molar-refractivity contribution in [2.24, 2.45) is 5.92 Å². The highest BCUT2D eigenvalue weighted by Gasteiger charge is 2.40. The third kappa shape index (κ3) is 3.35. The Balaban J connectivity index is 1.74. The molecule has 2 fully saturated rings. The van der Waals surface area contributed by atoms with Crippen LogP contribution in [0, 0.1) is 5.92 Å². The van der Waals surface area contributed by atoms with Crippen molar-refractivity contribution in [1.29, 1.82) is 0 Å². The Labute approximate surface area is 156 Å². The molecule has 5 heteroatoms. The number of likely N-dealkylation sites (tertiary alicyclic amines) is 1. The maximum atomic E-state index is 12.7. The summed E-state index contributed by atoms with van der Waals surface area (Å²) < 4.78 is 0.777. The molecule has 1 amide bonds. The lowest BCUT2D eigenvalue weighted by Crippen LogP contribution is -2.42. The lowest BCUT2D eigenvalue weighted by Gasteiger charge is -2.41. The molecule has 24 heavy (non-hydrogen) atoms. The summed E-state index contributed by atoms with van der Waals surface area (Å²) in [6, 6.07) is 12.2. The molecule has 1 aliphatic carbocycles. The number of rotatable bonds is 4. The standard InChI is InChI=1S/C19H19Cl2NOS/c20-14-3-1-2-13(10-14)15-6-9-18(23)22(11-12-4-5-12)19(15)16-7-8-17(21)24-16/h1-3,7-8,10,12,15,19H,4-6,9,11H2/t15-,19+/m0/s1. The normalized spacial score (nSPS) is 24.4. The van der Waals surface area contributed by atoms with Gasteiger partial charge >= 0.3 is 0 Å². The fourth-order valence-corrected chi connectivity index (χ4v) is 5.11. The maximum Gasteiger partial charge on any atom is 0.223 e. The zero-order valence-corrected chi connectivity index (χ0v) is 15.6. The molecule has 0 N–H and O–H groups in total. The minimum absolute atomic E-state index is 0.0721. The van der Waals surface area contributed by atoms with E-state index < -0.39 is 0 Å². The number of benzene rings is 1. The highest BCUT2D eigenvalue weighted by Crippen LogP contribution is 2.47. The summed E-state index contributed by atoms with van der Waals surface area (Å²) in [4.78, 5) is 15.9. The third-order valence-electron chi connectivity index (χ3n) is 5.02. The van der Waals surface area contributed by atoms with E-state index in [9.17, 15) is 4.79 Å². The van der Waals surface area contributed by atoms with E-state index >= 15 is 0 Å². The lowest BCUT2D eigenvalue weighted by molar-refractivity contribution is -0.137.